The maximum absolute atomic E-state index is 13.6. The summed E-state index contributed by atoms with van der Waals surface area (Å²) in [6, 6.07) is 25.5. The third-order valence-corrected chi connectivity index (χ3v) is 6.03. The van der Waals surface area contributed by atoms with Gasteiger partial charge in [0.05, 0.1) is 24.2 Å². The van der Waals surface area contributed by atoms with Gasteiger partial charge in [0.25, 0.3) is 5.91 Å². The van der Waals surface area contributed by atoms with Gasteiger partial charge in [-0.25, -0.2) is 0 Å². The molecular weight excluding hydrogens is 408 g/mol. The highest BCUT2D eigenvalue weighted by molar-refractivity contribution is 6.34. The third kappa shape index (κ3) is 3.60. The Labute approximate surface area is 186 Å². The minimum atomic E-state index is -0.107. The number of hydrogen-bond donors (Lipinski definition) is 0. The van der Waals surface area contributed by atoms with Crippen LogP contribution < -0.4 is 9.64 Å². The molecule has 0 N–H and O–H groups in total. The highest BCUT2D eigenvalue weighted by Gasteiger charge is 2.26. The number of para-hydroxylation sites is 1. The SMILES string of the molecule is COc1cccc(-c2ccc(C(=O)N3Cc4cccn4Cc4ccccc43)c(Cl)c2)c1. The van der Waals surface area contributed by atoms with Crippen molar-refractivity contribution in [3.63, 3.8) is 0 Å². The Balaban J connectivity index is 1.52. The lowest BCUT2D eigenvalue weighted by Crippen LogP contribution is -2.30. The fourth-order valence-corrected chi connectivity index (χ4v) is 4.34. The van der Waals surface area contributed by atoms with Gasteiger partial charge in [-0.1, -0.05) is 48.0 Å². The van der Waals surface area contributed by atoms with E-state index in [1.54, 1.807) is 7.11 Å². The van der Waals surface area contributed by atoms with Crippen LogP contribution in [0.4, 0.5) is 5.69 Å². The number of fused-ring (bicyclic) bond motifs is 2. The Morgan fingerprint density at radius 3 is 2.58 bits per heavy atom. The van der Waals surface area contributed by atoms with Crippen molar-refractivity contribution in [1.29, 1.82) is 0 Å². The zero-order valence-electron chi connectivity index (χ0n) is 17.1. The van der Waals surface area contributed by atoms with E-state index < -0.39 is 0 Å². The molecule has 1 amide bonds. The predicted octanol–water partition coefficient (Wildman–Crippen LogP) is 6.03. The van der Waals surface area contributed by atoms with Gasteiger partial charge in [0.15, 0.2) is 0 Å². The van der Waals surface area contributed by atoms with Crippen LogP contribution in [-0.4, -0.2) is 17.6 Å². The molecule has 0 bridgehead atoms. The number of amides is 1. The lowest BCUT2D eigenvalue weighted by atomic mass is 10.0. The summed E-state index contributed by atoms with van der Waals surface area (Å²) in [6.07, 6.45) is 2.05. The number of nitrogens with zero attached hydrogens (tertiary/aromatic N) is 2. The predicted molar refractivity (Wildman–Crippen MR) is 124 cm³/mol. The van der Waals surface area contributed by atoms with Crippen LogP contribution in [0.3, 0.4) is 0 Å². The fraction of sp³-hybridized carbons (Fsp3) is 0.115. The molecule has 0 saturated carbocycles. The van der Waals surface area contributed by atoms with Crippen molar-refractivity contribution in [3.05, 3.63) is 107 Å². The maximum Gasteiger partial charge on any atom is 0.260 e. The van der Waals surface area contributed by atoms with Gasteiger partial charge in [0.2, 0.25) is 0 Å². The highest BCUT2D eigenvalue weighted by Crippen LogP contribution is 2.32. The van der Waals surface area contributed by atoms with E-state index in [1.807, 2.05) is 71.6 Å². The smallest absolute Gasteiger partial charge is 0.260 e. The van der Waals surface area contributed by atoms with Gasteiger partial charge >= 0.3 is 0 Å². The molecule has 0 spiro atoms. The van der Waals surface area contributed by atoms with Crippen molar-refractivity contribution in [2.45, 2.75) is 13.1 Å². The molecule has 5 heteroatoms. The first kappa shape index (κ1) is 19.5. The molecule has 0 aliphatic carbocycles. The van der Waals surface area contributed by atoms with Gasteiger partial charge in [-0.15, -0.1) is 0 Å². The Bertz CT molecular complexity index is 1280. The number of rotatable bonds is 3. The van der Waals surface area contributed by atoms with E-state index in [-0.39, 0.29) is 5.91 Å². The molecule has 0 radical (unpaired) electrons. The standard InChI is InChI=1S/C26H21ClN2O2/c1-31-22-9-4-7-18(14-22)19-11-12-23(24(27)15-19)26(30)29-17-21-8-5-13-28(21)16-20-6-2-3-10-25(20)29/h2-15H,16-17H2,1H3. The molecule has 154 valence electrons. The average Bonchev–Trinajstić information content (AvgIpc) is 3.17. The molecule has 1 aliphatic rings. The zero-order chi connectivity index (χ0) is 21.4. The largest absolute Gasteiger partial charge is 0.497 e. The Morgan fingerprint density at radius 1 is 0.903 bits per heavy atom. The first-order valence-corrected chi connectivity index (χ1v) is 10.5. The monoisotopic (exact) mass is 428 g/mol. The molecule has 3 aromatic carbocycles. The highest BCUT2D eigenvalue weighted by atomic mass is 35.5. The van der Waals surface area contributed by atoms with Crippen LogP contribution in [0.15, 0.2) is 85.1 Å². The summed E-state index contributed by atoms with van der Waals surface area (Å²) in [5, 5.41) is 0.433. The molecule has 0 unspecified atom stereocenters. The minimum Gasteiger partial charge on any atom is -0.497 e. The molecule has 31 heavy (non-hydrogen) atoms. The van der Waals surface area contributed by atoms with Crippen LogP contribution in [0.1, 0.15) is 21.6 Å². The van der Waals surface area contributed by atoms with Gasteiger partial charge in [0.1, 0.15) is 5.75 Å². The van der Waals surface area contributed by atoms with E-state index in [0.29, 0.717) is 17.1 Å². The molecule has 0 atom stereocenters. The number of ether oxygens (including phenoxy) is 1. The minimum absolute atomic E-state index is 0.107. The summed E-state index contributed by atoms with van der Waals surface area (Å²) in [6.45, 7) is 1.24. The fourth-order valence-electron chi connectivity index (χ4n) is 4.08. The molecule has 4 aromatic rings. The number of halogens is 1. The molecule has 0 saturated heterocycles. The second-order valence-electron chi connectivity index (χ2n) is 7.57. The average molecular weight is 429 g/mol. The normalized spacial score (nSPS) is 12.6. The molecule has 5 rings (SSSR count). The van der Waals surface area contributed by atoms with Crippen LogP contribution >= 0.6 is 11.6 Å². The zero-order valence-corrected chi connectivity index (χ0v) is 17.8. The summed E-state index contributed by atoms with van der Waals surface area (Å²) >= 11 is 6.63. The van der Waals surface area contributed by atoms with Gasteiger partial charge in [-0.05, 0) is 59.2 Å². The van der Waals surface area contributed by atoms with Crippen molar-refractivity contribution in [2.75, 3.05) is 12.0 Å². The van der Waals surface area contributed by atoms with Crippen LogP contribution in [-0.2, 0) is 13.1 Å². The second kappa shape index (κ2) is 7.97. The summed E-state index contributed by atoms with van der Waals surface area (Å²) < 4.78 is 7.50. The summed E-state index contributed by atoms with van der Waals surface area (Å²) in [7, 11) is 1.64. The van der Waals surface area contributed by atoms with Crippen molar-refractivity contribution < 1.29 is 9.53 Å². The van der Waals surface area contributed by atoms with Gasteiger partial charge < -0.3 is 14.2 Å². The first-order valence-electron chi connectivity index (χ1n) is 10.1. The van der Waals surface area contributed by atoms with Crippen molar-refractivity contribution in [3.8, 4) is 16.9 Å². The van der Waals surface area contributed by atoms with Gasteiger partial charge in [-0.3, -0.25) is 4.79 Å². The van der Waals surface area contributed by atoms with Gasteiger partial charge in [-0.2, -0.15) is 0 Å². The van der Waals surface area contributed by atoms with E-state index in [0.717, 1.165) is 40.4 Å². The summed E-state index contributed by atoms with van der Waals surface area (Å²) in [5.74, 6) is 0.669. The van der Waals surface area contributed by atoms with Crippen LogP contribution in [0, 0.1) is 0 Å². The van der Waals surface area contributed by atoms with E-state index >= 15 is 0 Å². The van der Waals surface area contributed by atoms with Crippen molar-refractivity contribution >= 4 is 23.2 Å². The topological polar surface area (TPSA) is 34.5 Å². The number of carbonyl (C=O) groups excluding carboxylic acids is 1. The Morgan fingerprint density at radius 2 is 1.74 bits per heavy atom. The number of hydrogen-bond acceptors (Lipinski definition) is 2. The molecule has 1 aromatic heterocycles. The lowest BCUT2D eigenvalue weighted by molar-refractivity contribution is 0.0985. The van der Waals surface area contributed by atoms with Crippen molar-refractivity contribution in [2.24, 2.45) is 0 Å². The lowest BCUT2D eigenvalue weighted by Gasteiger charge is -2.23. The molecule has 0 fully saturated rings. The number of carbonyl (C=O) groups is 1. The quantitative estimate of drug-likeness (QED) is 0.399. The first-order chi connectivity index (χ1) is 15.1. The van der Waals surface area contributed by atoms with E-state index in [2.05, 4.69) is 22.9 Å². The van der Waals surface area contributed by atoms with Crippen LogP contribution in [0.5, 0.6) is 5.75 Å². The number of benzene rings is 3. The molecular formula is C26H21ClN2O2. The van der Waals surface area contributed by atoms with Gasteiger partial charge in [0, 0.05) is 24.1 Å². The van der Waals surface area contributed by atoms with Crippen LogP contribution in [0.2, 0.25) is 5.02 Å². The van der Waals surface area contributed by atoms with E-state index in [9.17, 15) is 4.79 Å². The number of aromatic nitrogens is 1. The Kier molecular flexibility index (Phi) is 5.00. The number of methoxy groups -OCH3 is 1. The Hall–Kier alpha value is -3.50. The maximum atomic E-state index is 13.6. The van der Waals surface area contributed by atoms with E-state index in [1.165, 1.54) is 0 Å². The third-order valence-electron chi connectivity index (χ3n) is 5.71. The van der Waals surface area contributed by atoms with Crippen LogP contribution in [0.25, 0.3) is 11.1 Å². The van der Waals surface area contributed by atoms with Crippen molar-refractivity contribution in [1.82, 2.24) is 4.57 Å². The second-order valence-corrected chi connectivity index (χ2v) is 7.98. The molecule has 1 aliphatic heterocycles. The van der Waals surface area contributed by atoms with E-state index in [4.69, 9.17) is 16.3 Å². The molecule has 4 nitrogen and oxygen atoms in total. The number of anilines is 1. The summed E-state index contributed by atoms with van der Waals surface area (Å²) in [4.78, 5) is 15.4. The summed E-state index contributed by atoms with van der Waals surface area (Å²) in [5.41, 5.74) is 5.53. The molecule has 2 heterocycles.